The Morgan fingerprint density at radius 2 is 1.51 bits per heavy atom. The predicted octanol–water partition coefficient (Wildman–Crippen LogP) is 3.68. The number of carbonyl (C=O) groups excluding carboxylic acids is 2. The van der Waals surface area contributed by atoms with Crippen LogP contribution in [0.15, 0.2) is 89.7 Å². The summed E-state index contributed by atoms with van der Waals surface area (Å²) in [7, 11) is 1.59. The van der Waals surface area contributed by atoms with E-state index in [1.165, 1.54) is 23.3 Å². The molecular weight excluding hydrogens is 578 g/mol. The molecule has 0 radical (unpaired) electrons. The molecule has 0 bridgehead atoms. The van der Waals surface area contributed by atoms with Crippen LogP contribution in [0.1, 0.15) is 37.0 Å². The highest BCUT2D eigenvalue weighted by atomic mass is 16.7. The van der Waals surface area contributed by atoms with E-state index in [4.69, 9.17) is 29.7 Å². The molecule has 0 fully saturated rings. The second-order valence-corrected chi connectivity index (χ2v) is 10.3. The third kappa shape index (κ3) is 6.18. The number of nitrogens with two attached hydrogens (primary N) is 1. The van der Waals surface area contributed by atoms with Gasteiger partial charge in [0.2, 0.25) is 5.95 Å². The highest BCUT2D eigenvalue weighted by molar-refractivity contribution is 5.73. The largest absolute Gasteiger partial charge is 0.497 e. The zero-order valence-corrected chi connectivity index (χ0v) is 25.3. The van der Waals surface area contributed by atoms with E-state index >= 15 is 0 Å². The monoisotopic (exact) mass is 613 g/mol. The molecular formula is C33H35N5O7. The molecule has 0 saturated carbocycles. The van der Waals surface area contributed by atoms with Crippen molar-refractivity contribution in [1.29, 1.82) is 0 Å². The SMILES string of the molecule is COc1ccc(C(c2ccccc2)(c2ccccc2)n2c(N)nc3c(c2=O)NCN3C(OCCCOC(C)=O)OC(C)=O)cc1. The molecule has 12 nitrogen and oxygen atoms in total. The van der Waals surface area contributed by atoms with Gasteiger partial charge in [-0.1, -0.05) is 72.8 Å². The van der Waals surface area contributed by atoms with Crippen molar-refractivity contribution < 1.29 is 28.5 Å². The van der Waals surface area contributed by atoms with Crippen LogP contribution in [0.5, 0.6) is 5.75 Å². The number of hydrogen-bond acceptors (Lipinski definition) is 11. The lowest BCUT2D eigenvalue weighted by Crippen LogP contribution is -2.46. The Kier molecular flexibility index (Phi) is 9.33. The maximum Gasteiger partial charge on any atom is 0.306 e. The van der Waals surface area contributed by atoms with Crippen molar-refractivity contribution in [2.24, 2.45) is 0 Å². The molecule has 12 heteroatoms. The van der Waals surface area contributed by atoms with Crippen molar-refractivity contribution in [2.45, 2.75) is 32.2 Å². The van der Waals surface area contributed by atoms with Gasteiger partial charge in [-0.15, -0.1) is 0 Å². The highest BCUT2D eigenvalue weighted by Gasteiger charge is 2.43. The average molecular weight is 614 g/mol. The number of nitrogens with one attached hydrogen (secondary N) is 1. The molecule has 4 aromatic rings. The lowest BCUT2D eigenvalue weighted by Gasteiger charge is -2.38. The maximum atomic E-state index is 14.7. The molecule has 3 aromatic carbocycles. The van der Waals surface area contributed by atoms with Gasteiger partial charge in [0.25, 0.3) is 12.0 Å². The van der Waals surface area contributed by atoms with E-state index in [1.807, 2.05) is 84.9 Å². The highest BCUT2D eigenvalue weighted by Crippen LogP contribution is 2.43. The summed E-state index contributed by atoms with van der Waals surface area (Å²) in [6.45, 7) is 2.86. The number of carbonyl (C=O) groups is 2. The number of nitrogen functional groups attached to an aromatic ring is 1. The van der Waals surface area contributed by atoms with Gasteiger partial charge in [-0.3, -0.25) is 23.9 Å². The first kappa shape index (κ1) is 31.1. The van der Waals surface area contributed by atoms with Gasteiger partial charge < -0.3 is 30.0 Å². The number of methoxy groups -OCH3 is 1. The summed E-state index contributed by atoms with van der Waals surface area (Å²) >= 11 is 0. The first-order chi connectivity index (χ1) is 21.8. The first-order valence-corrected chi connectivity index (χ1v) is 14.4. The average Bonchev–Trinajstić information content (AvgIpc) is 3.47. The van der Waals surface area contributed by atoms with E-state index in [1.54, 1.807) is 7.11 Å². The molecule has 1 aromatic heterocycles. The van der Waals surface area contributed by atoms with Crippen LogP contribution in [0.4, 0.5) is 17.5 Å². The van der Waals surface area contributed by atoms with Gasteiger partial charge in [-0.05, 0) is 28.8 Å². The quantitative estimate of drug-likeness (QED) is 0.104. The fraction of sp³-hybridized carbons (Fsp3) is 0.273. The third-order valence-electron chi connectivity index (χ3n) is 7.39. The molecule has 45 heavy (non-hydrogen) atoms. The Hall–Kier alpha value is -5.36. The summed E-state index contributed by atoms with van der Waals surface area (Å²) in [5.74, 6) is -0.252. The van der Waals surface area contributed by atoms with Gasteiger partial charge in [0, 0.05) is 20.3 Å². The summed E-state index contributed by atoms with van der Waals surface area (Å²) in [5, 5.41) is 3.11. The lowest BCUT2D eigenvalue weighted by molar-refractivity contribution is -0.176. The molecule has 5 rings (SSSR count). The van der Waals surface area contributed by atoms with E-state index in [-0.39, 0.29) is 37.3 Å². The van der Waals surface area contributed by atoms with Crippen molar-refractivity contribution in [2.75, 3.05) is 42.9 Å². The minimum absolute atomic E-state index is 0.0507. The van der Waals surface area contributed by atoms with Crippen LogP contribution >= 0.6 is 0 Å². The van der Waals surface area contributed by atoms with Crippen molar-refractivity contribution in [3.05, 3.63) is 112 Å². The summed E-state index contributed by atoms with van der Waals surface area (Å²) in [4.78, 5) is 44.0. The Balaban J connectivity index is 1.66. The number of hydrogen-bond donors (Lipinski definition) is 2. The second kappa shape index (κ2) is 13.5. The molecule has 2 heterocycles. The fourth-order valence-electron chi connectivity index (χ4n) is 5.49. The van der Waals surface area contributed by atoms with Gasteiger partial charge >= 0.3 is 11.9 Å². The third-order valence-corrected chi connectivity index (χ3v) is 7.39. The Morgan fingerprint density at radius 1 is 0.911 bits per heavy atom. The number of fused-ring (bicyclic) bond motifs is 1. The van der Waals surface area contributed by atoms with E-state index < -0.39 is 29.5 Å². The minimum atomic E-state index is -1.24. The van der Waals surface area contributed by atoms with Crippen molar-refractivity contribution >= 4 is 29.4 Å². The van der Waals surface area contributed by atoms with Crippen LogP contribution in [0.2, 0.25) is 0 Å². The molecule has 1 atom stereocenters. The van der Waals surface area contributed by atoms with Gasteiger partial charge in [-0.2, -0.15) is 4.98 Å². The van der Waals surface area contributed by atoms with Crippen LogP contribution in [0.25, 0.3) is 0 Å². The number of aromatic nitrogens is 2. The van der Waals surface area contributed by atoms with Crippen LogP contribution in [0.3, 0.4) is 0 Å². The first-order valence-electron chi connectivity index (χ1n) is 14.4. The molecule has 0 aliphatic carbocycles. The standard InChI is InChI=1S/C33H35N5O7/c1-22(39)43-19-10-20-44-32(45-23(2)40)37-21-35-28-29(37)36-31(34)38(30(28)41)33(24-11-6-4-7-12-24,25-13-8-5-9-14-25)26-15-17-27(42-3)18-16-26/h4-9,11-18,32,35H,10,19-21H2,1-3H3,(H2,34,36). The minimum Gasteiger partial charge on any atom is -0.497 e. The van der Waals surface area contributed by atoms with E-state index in [0.29, 0.717) is 12.2 Å². The molecule has 1 aliphatic heterocycles. The summed E-state index contributed by atoms with van der Waals surface area (Å²) in [5.41, 5.74) is 7.54. The number of ether oxygens (including phenoxy) is 4. The van der Waals surface area contributed by atoms with E-state index in [0.717, 1.165) is 16.7 Å². The molecule has 3 N–H and O–H groups in total. The number of esters is 2. The van der Waals surface area contributed by atoms with Gasteiger partial charge in [-0.25, -0.2) is 0 Å². The lowest BCUT2D eigenvalue weighted by atomic mass is 9.76. The molecule has 0 amide bonds. The Bertz CT molecular complexity index is 1660. The number of anilines is 3. The van der Waals surface area contributed by atoms with Crippen LogP contribution in [-0.4, -0.2) is 54.9 Å². The van der Waals surface area contributed by atoms with Crippen LogP contribution in [0, 0.1) is 0 Å². The fourth-order valence-corrected chi connectivity index (χ4v) is 5.49. The second-order valence-electron chi connectivity index (χ2n) is 10.3. The number of nitrogens with zero attached hydrogens (tertiary/aromatic N) is 3. The topological polar surface area (TPSA) is 147 Å². The van der Waals surface area contributed by atoms with Crippen molar-refractivity contribution in [3.8, 4) is 5.75 Å². The van der Waals surface area contributed by atoms with Gasteiger partial charge in [0.1, 0.15) is 17.0 Å². The molecule has 1 unspecified atom stereocenters. The molecule has 234 valence electrons. The number of rotatable bonds is 12. The Labute approximate surface area is 260 Å². The van der Waals surface area contributed by atoms with E-state index in [9.17, 15) is 14.4 Å². The predicted molar refractivity (Wildman–Crippen MR) is 168 cm³/mol. The number of benzene rings is 3. The van der Waals surface area contributed by atoms with Crippen LogP contribution in [-0.2, 0) is 29.3 Å². The summed E-state index contributed by atoms with van der Waals surface area (Å²) in [6, 6.07) is 26.7. The molecule has 0 spiro atoms. The van der Waals surface area contributed by atoms with Crippen molar-refractivity contribution in [1.82, 2.24) is 9.55 Å². The smallest absolute Gasteiger partial charge is 0.306 e. The summed E-state index contributed by atoms with van der Waals surface area (Å²) < 4.78 is 23.1. The van der Waals surface area contributed by atoms with E-state index in [2.05, 4.69) is 5.32 Å². The molecule has 0 saturated heterocycles. The normalized spacial score (nSPS) is 13.0. The Morgan fingerprint density at radius 3 is 2.07 bits per heavy atom. The van der Waals surface area contributed by atoms with Crippen molar-refractivity contribution in [3.63, 3.8) is 0 Å². The molecule has 1 aliphatic rings. The van der Waals surface area contributed by atoms with Crippen LogP contribution < -0.4 is 26.2 Å². The zero-order valence-electron chi connectivity index (χ0n) is 25.3. The maximum absolute atomic E-state index is 14.7. The summed E-state index contributed by atoms with van der Waals surface area (Å²) in [6.07, 6.45) is -0.855. The zero-order chi connectivity index (χ0) is 32.0. The van der Waals surface area contributed by atoms with Gasteiger partial charge in [0.05, 0.1) is 27.0 Å². The van der Waals surface area contributed by atoms with Gasteiger partial charge in [0.15, 0.2) is 5.82 Å².